The van der Waals surface area contributed by atoms with Gasteiger partial charge in [-0.3, -0.25) is 9.59 Å². The molecule has 0 fully saturated rings. The van der Waals surface area contributed by atoms with Crippen molar-refractivity contribution in [2.24, 2.45) is 0 Å². The highest BCUT2D eigenvalue weighted by Gasteiger charge is 2.23. The maximum atomic E-state index is 13.3. The third kappa shape index (κ3) is 4.71. The average molecular weight is 464 g/mol. The zero-order valence-corrected chi connectivity index (χ0v) is 19.2. The Morgan fingerprint density at radius 3 is 2.42 bits per heavy atom. The van der Waals surface area contributed by atoms with Gasteiger partial charge in [-0.1, -0.05) is 23.7 Å². The molecule has 0 bridgehead atoms. The van der Waals surface area contributed by atoms with Crippen LogP contribution in [0.25, 0.3) is 11.0 Å². The first-order valence-corrected chi connectivity index (χ1v) is 10.6. The number of ether oxygens (including phenoxy) is 2. The largest absolute Gasteiger partial charge is 0.497 e. The lowest BCUT2D eigenvalue weighted by Crippen LogP contribution is -2.14. The second-order valence-corrected chi connectivity index (χ2v) is 7.95. The molecule has 33 heavy (non-hydrogen) atoms. The standard InChI is InChI=1S/C26H22ClNO5/c1-15-20-10-8-18(28-24(29)12-16-4-6-17(27)7-5-16)13-23(20)33-26(15)25(30)21-14-19(31-2)9-11-22(21)32-3/h4-11,13-14H,12H2,1-3H3,(H,28,29). The van der Waals surface area contributed by atoms with E-state index < -0.39 is 0 Å². The Labute approximate surface area is 196 Å². The zero-order chi connectivity index (χ0) is 23.5. The van der Waals surface area contributed by atoms with Crippen LogP contribution in [0.4, 0.5) is 5.69 Å². The monoisotopic (exact) mass is 463 g/mol. The molecule has 0 saturated heterocycles. The van der Waals surface area contributed by atoms with Crippen LogP contribution in [0, 0.1) is 6.92 Å². The van der Waals surface area contributed by atoms with Crippen LogP contribution in [-0.2, 0) is 11.2 Å². The normalized spacial score (nSPS) is 10.8. The number of furan rings is 1. The Kier molecular flexibility index (Phi) is 6.38. The van der Waals surface area contributed by atoms with E-state index in [0.29, 0.717) is 38.9 Å². The molecule has 0 saturated carbocycles. The molecule has 0 spiro atoms. The van der Waals surface area contributed by atoms with Crippen LogP contribution in [0.5, 0.6) is 11.5 Å². The van der Waals surface area contributed by atoms with Crippen molar-refractivity contribution in [3.8, 4) is 11.5 Å². The highest BCUT2D eigenvalue weighted by atomic mass is 35.5. The molecule has 0 radical (unpaired) electrons. The van der Waals surface area contributed by atoms with E-state index >= 15 is 0 Å². The minimum Gasteiger partial charge on any atom is -0.497 e. The van der Waals surface area contributed by atoms with Crippen molar-refractivity contribution in [1.29, 1.82) is 0 Å². The number of anilines is 1. The molecular formula is C26H22ClNO5. The summed E-state index contributed by atoms with van der Waals surface area (Å²) in [6.45, 7) is 1.82. The molecule has 0 aliphatic carbocycles. The number of hydrogen-bond acceptors (Lipinski definition) is 5. The Morgan fingerprint density at radius 2 is 1.73 bits per heavy atom. The van der Waals surface area contributed by atoms with Crippen LogP contribution in [0.2, 0.25) is 5.02 Å². The van der Waals surface area contributed by atoms with E-state index in [2.05, 4.69) is 5.32 Å². The summed E-state index contributed by atoms with van der Waals surface area (Å²) in [6, 6.07) is 17.5. The molecule has 4 rings (SSSR count). The maximum absolute atomic E-state index is 13.3. The van der Waals surface area contributed by atoms with Crippen molar-refractivity contribution in [1.82, 2.24) is 0 Å². The topological polar surface area (TPSA) is 77.8 Å². The van der Waals surface area contributed by atoms with Crippen LogP contribution in [0.3, 0.4) is 0 Å². The van der Waals surface area contributed by atoms with E-state index in [9.17, 15) is 9.59 Å². The van der Waals surface area contributed by atoms with Crippen molar-refractivity contribution in [3.05, 3.63) is 88.1 Å². The van der Waals surface area contributed by atoms with Crippen LogP contribution in [0.1, 0.15) is 27.2 Å². The van der Waals surface area contributed by atoms with Gasteiger partial charge in [0.05, 0.1) is 26.2 Å². The molecule has 0 aliphatic rings. The number of carbonyl (C=O) groups excluding carboxylic acids is 2. The molecule has 168 valence electrons. The van der Waals surface area contributed by atoms with E-state index in [-0.39, 0.29) is 23.9 Å². The van der Waals surface area contributed by atoms with Gasteiger partial charge in [-0.25, -0.2) is 0 Å². The summed E-state index contributed by atoms with van der Waals surface area (Å²) in [4.78, 5) is 25.7. The van der Waals surface area contributed by atoms with Crippen molar-refractivity contribution in [2.75, 3.05) is 19.5 Å². The molecule has 0 unspecified atom stereocenters. The van der Waals surface area contributed by atoms with Crippen LogP contribution < -0.4 is 14.8 Å². The maximum Gasteiger partial charge on any atom is 0.232 e. The van der Waals surface area contributed by atoms with E-state index in [1.54, 1.807) is 42.5 Å². The fourth-order valence-electron chi connectivity index (χ4n) is 3.63. The van der Waals surface area contributed by atoms with Crippen molar-refractivity contribution in [3.63, 3.8) is 0 Å². The fraction of sp³-hybridized carbons (Fsp3) is 0.154. The molecule has 3 aromatic carbocycles. The predicted octanol–water partition coefficient (Wildman–Crippen LogP) is 5.82. The molecule has 0 aliphatic heterocycles. The summed E-state index contributed by atoms with van der Waals surface area (Å²) in [7, 11) is 3.04. The van der Waals surface area contributed by atoms with Crippen LogP contribution in [0.15, 0.2) is 65.1 Å². The number of nitrogens with one attached hydrogen (secondary N) is 1. The van der Waals surface area contributed by atoms with E-state index in [4.69, 9.17) is 25.5 Å². The highest BCUT2D eigenvalue weighted by molar-refractivity contribution is 6.30. The minimum absolute atomic E-state index is 0.169. The minimum atomic E-state index is -0.312. The zero-order valence-electron chi connectivity index (χ0n) is 18.4. The van der Waals surface area contributed by atoms with Gasteiger partial charge in [-0.15, -0.1) is 0 Å². The molecular weight excluding hydrogens is 442 g/mol. The molecule has 1 aromatic heterocycles. The second kappa shape index (κ2) is 9.38. The van der Waals surface area contributed by atoms with E-state index in [1.165, 1.54) is 14.2 Å². The summed E-state index contributed by atoms with van der Waals surface area (Å²) in [5, 5.41) is 4.27. The Hall–Kier alpha value is -3.77. The Morgan fingerprint density at radius 1 is 0.970 bits per heavy atom. The first-order valence-electron chi connectivity index (χ1n) is 10.2. The highest BCUT2D eigenvalue weighted by Crippen LogP contribution is 2.32. The number of hydrogen-bond donors (Lipinski definition) is 1. The van der Waals surface area contributed by atoms with Gasteiger partial charge in [0, 0.05) is 27.7 Å². The molecule has 4 aromatic rings. The van der Waals surface area contributed by atoms with Gasteiger partial charge in [-0.05, 0) is 55.0 Å². The van der Waals surface area contributed by atoms with Gasteiger partial charge in [-0.2, -0.15) is 0 Å². The number of amides is 1. The number of benzene rings is 3. The van der Waals surface area contributed by atoms with Gasteiger partial charge in [0.15, 0.2) is 5.76 Å². The molecule has 0 atom stereocenters. The van der Waals surface area contributed by atoms with E-state index in [1.807, 2.05) is 25.1 Å². The van der Waals surface area contributed by atoms with E-state index in [0.717, 1.165) is 10.9 Å². The Balaban J connectivity index is 1.60. The summed E-state index contributed by atoms with van der Waals surface area (Å²) in [5.41, 5.74) is 2.98. The van der Waals surface area contributed by atoms with Gasteiger partial charge in [0.1, 0.15) is 17.1 Å². The smallest absolute Gasteiger partial charge is 0.232 e. The molecule has 6 nitrogen and oxygen atoms in total. The third-order valence-corrected chi connectivity index (χ3v) is 5.61. The van der Waals surface area contributed by atoms with Gasteiger partial charge in [0.25, 0.3) is 0 Å². The predicted molar refractivity (Wildman–Crippen MR) is 128 cm³/mol. The quantitative estimate of drug-likeness (QED) is 0.349. The third-order valence-electron chi connectivity index (χ3n) is 5.36. The lowest BCUT2D eigenvalue weighted by Gasteiger charge is -2.08. The van der Waals surface area contributed by atoms with Gasteiger partial charge in [0.2, 0.25) is 11.7 Å². The number of rotatable bonds is 7. The average Bonchev–Trinajstić information content (AvgIpc) is 3.15. The molecule has 1 N–H and O–H groups in total. The van der Waals surface area contributed by atoms with Crippen molar-refractivity contribution >= 4 is 39.9 Å². The molecule has 1 heterocycles. The summed E-state index contributed by atoms with van der Waals surface area (Å²) in [6.07, 6.45) is 0.214. The van der Waals surface area contributed by atoms with Crippen molar-refractivity contribution < 1.29 is 23.5 Å². The summed E-state index contributed by atoms with van der Waals surface area (Å²) < 4.78 is 16.5. The number of fused-ring (bicyclic) bond motifs is 1. The van der Waals surface area contributed by atoms with Crippen LogP contribution in [-0.4, -0.2) is 25.9 Å². The first kappa shape index (κ1) is 22.4. The number of carbonyl (C=O) groups is 2. The van der Waals surface area contributed by atoms with Crippen LogP contribution >= 0.6 is 11.6 Å². The van der Waals surface area contributed by atoms with Crippen molar-refractivity contribution in [2.45, 2.75) is 13.3 Å². The summed E-state index contributed by atoms with van der Waals surface area (Å²) in [5.74, 6) is 0.695. The van der Waals surface area contributed by atoms with Gasteiger partial charge < -0.3 is 19.2 Å². The number of aryl methyl sites for hydroxylation is 1. The number of ketones is 1. The Bertz CT molecular complexity index is 1340. The summed E-state index contributed by atoms with van der Waals surface area (Å²) >= 11 is 5.89. The second-order valence-electron chi connectivity index (χ2n) is 7.51. The lowest BCUT2D eigenvalue weighted by molar-refractivity contribution is -0.115. The SMILES string of the molecule is COc1ccc(OC)c(C(=O)c2oc3cc(NC(=O)Cc4ccc(Cl)cc4)ccc3c2C)c1. The molecule has 7 heteroatoms. The lowest BCUT2D eigenvalue weighted by atomic mass is 10.0. The van der Waals surface area contributed by atoms with Gasteiger partial charge >= 0.3 is 0 Å². The fourth-order valence-corrected chi connectivity index (χ4v) is 3.75. The first-order chi connectivity index (χ1) is 15.9. The number of methoxy groups -OCH3 is 2. The molecule has 1 amide bonds. The number of halogens is 1.